The SMILES string of the molecule is COCC1(CNC(=O)OCc2ccccc2)CC2(CCC3(CC2)OCCO3)C1. The summed E-state index contributed by atoms with van der Waals surface area (Å²) in [4.78, 5) is 12.1. The molecule has 4 rings (SSSR count). The molecule has 0 aromatic heterocycles. The molecule has 0 bridgehead atoms. The van der Waals surface area contributed by atoms with Crippen molar-refractivity contribution < 1.29 is 23.7 Å². The van der Waals surface area contributed by atoms with E-state index < -0.39 is 0 Å². The Labute approximate surface area is 166 Å². The molecule has 154 valence electrons. The third-order valence-electron chi connectivity index (χ3n) is 6.66. The van der Waals surface area contributed by atoms with Crippen molar-refractivity contribution in [2.45, 2.75) is 50.9 Å². The van der Waals surface area contributed by atoms with Crippen LogP contribution in [0.1, 0.15) is 44.1 Å². The second kappa shape index (κ2) is 8.01. The lowest BCUT2D eigenvalue weighted by Crippen LogP contribution is -2.57. The zero-order valence-corrected chi connectivity index (χ0v) is 16.7. The average Bonchev–Trinajstić information content (AvgIpc) is 3.15. The number of methoxy groups -OCH3 is 1. The maximum atomic E-state index is 12.1. The van der Waals surface area contributed by atoms with E-state index >= 15 is 0 Å². The van der Waals surface area contributed by atoms with Crippen LogP contribution in [0, 0.1) is 10.8 Å². The number of hydrogen-bond donors (Lipinski definition) is 1. The smallest absolute Gasteiger partial charge is 0.407 e. The van der Waals surface area contributed by atoms with Crippen molar-refractivity contribution in [3.8, 4) is 0 Å². The summed E-state index contributed by atoms with van der Waals surface area (Å²) in [5.41, 5.74) is 1.33. The average molecular weight is 389 g/mol. The number of benzene rings is 1. The molecule has 0 radical (unpaired) electrons. The maximum absolute atomic E-state index is 12.1. The number of carbonyl (C=O) groups is 1. The summed E-state index contributed by atoms with van der Waals surface area (Å²) in [6.45, 7) is 2.97. The zero-order valence-electron chi connectivity index (χ0n) is 16.7. The second-order valence-corrected chi connectivity index (χ2v) is 8.81. The van der Waals surface area contributed by atoms with Gasteiger partial charge in [0.1, 0.15) is 6.61 Å². The van der Waals surface area contributed by atoms with Gasteiger partial charge in [-0.2, -0.15) is 0 Å². The summed E-state index contributed by atoms with van der Waals surface area (Å²) >= 11 is 0. The van der Waals surface area contributed by atoms with Gasteiger partial charge in [-0.25, -0.2) is 4.79 Å². The molecule has 1 heterocycles. The maximum Gasteiger partial charge on any atom is 0.407 e. The van der Waals surface area contributed by atoms with Gasteiger partial charge >= 0.3 is 6.09 Å². The van der Waals surface area contributed by atoms with Crippen molar-refractivity contribution in [3.63, 3.8) is 0 Å². The first kappa shape index (κ1) is 19.7. The van der Waals surface area contributed by atoms with Gasteiger partial charge in [0, 0.05) is 31.9 Å². The lowest BCUT2D eigenvalue weighted by molar-refractivity contribution is -0.214. The number of hydrogen-bond acceptors (Lipinski definition) is 5. The van der Waals surface area contributed by atoms with Crippen molar-refractivity contribution in [3.05, 3.63) is 35.9 Å². The Balaban J connectivity index is 1.25. The molecule has 2 saturated carbocycles. The van der Waals surface area contributed by atoms with E-state index in [0.717, 1.165) is 57.3 Å². The van der Waals surface area contributed by atoms with Gasteiger partial charge in [0.05, 0.1) is 19.8 Å². The minimum Gasteiger partial charge on any atom is -0.445 e. The van der Waals surface area contributed by atoms with Gasteiger partial charge < -0.3 is 24.3 Å². The lowest BCUT2D eigenvalue weighted by atomic mass is 9.48. The Bertz CT molecular complexity index is 653. The Morgan fingerprint density at radius 1 is 1.07 bits per heavy atom. The molecule has 0 unspecified atom stereocenters. The van der Waals surface area contributed by atoms with Gasteiger partial charge in [0.2, 0.25) is 0 Å². The molecule has 2 spiro atoms. The third kappa shape index (κ3) is 4.19. The van der Waals surface area contributed by atoms with Crippen LogP contribution >= 0.6 is 0 Å². The molecule has 28 heavy (non-hydrogen) atoms. The van der Waals surface area contributed by atoms with Crippen LogP contribution in [0.15, 0.2) is 30.3 Å². The summed E-state index contributed by atoms with van der Waals surface area (Å²) < 4.78 is 22.6. The minimum atomic E-state index is -0.365. The Kier molecular flexibility index (Phi) is 5.63. The lowest BCUT2D eigenvalue weighted by Gasteiger charge is -2.59. The topological polar surface area (TPSA) is 66.0 Å². The first-order valence-corrected chi connectivity index (χ1v) is 10.3. The fourth-order valence-corrected chi connectivity index (χ4v) is 5.46. The van der Waals surface area contributed by atoms with Crippen molar-refractivity contribution in [1.29, 1.82) is 0 Å². The highest BCUT2D eigenvalue weighted by molar-refractivity contribution is 5.67. The number of carbonyl (C=O) groups excluding carboxylic acids is 1. The van der Waals surface area contributed by atoms with Gasteiger partial charge in [0.25, 0.3) is 0 Å². The van der Waals surface area contributed by atoms with E-state index in [2.05, 4.69) is 5.32 Å². The highest BCUT2D eigenvalue weighted by Crippen LogP contribution is 2.62. The fraction of sp³-hybridized carbons (Fsp3) is 0.682. The first-order chi connectivity index (χ1) is 13.6. The van der Waals surface area contributed by atoms with E-state index in [9.17, 15) is 4.79 Å². The van der Waals surface area contributed by atoms with Gasteiger partial charge in [0.15, 0.2) is 5.79 Å². The number of nitrogens with one attached hydrogen (secondary N) is 1. The Morgan fingerprint density at radius 2 is 1.75 bits per heavy atom. The number of rotatable bonds is 6. The molecule has 3 fully saturated rings. The van der Waals surface area contributed by atoms with Crippen LogP contribution in [0.5, 0.6) is 0 Å². The van der Waals surface area contributed by atoms with E-state index in [1.54, 1.807) is 7.11 Å². The molecule has 6 nitrogen and oxygen atoms in total. The normalized spacial score (nSPS) is 24.0. The Morgan fingerprint density at radius 3 is 2.39 bits per heavy atom. The van der Waals surface area contributed by atoms with E-state index in [1.807, 2.05) is 30.3 Å². The molecule has 1 aromatic rings. The molecule has 1 aliphatic heterocycles. The number of ether oxygens (including phenoxy) is 4. The highest BCUT2D eigenvalue weighted by atomic mass is 16.7. The van der Waals surface area contributed by atoms with E-state index in [-0.39, 0.29) is 23.9 Å². The quantitative estimate of drug-likeness (QED) is 0.805. The molecule has 1 saturated heterocycles. The predicted octanol–water partition coefficient (Wildman–Crippen LogP) is 3.64. The van der Waals surface area contributed by atoms with E-state index in [1.165, 1.54) is 0 Å². The van der Waals surface area contributed by atoms with Crippen molar-refractivity contribution in [2.24, 2.45) is 10.8 Å². The monoisotopic (exact) mass is 389 g/mol. The predicted molar refractivity (Wildman–Crippen MR) is 104 cm³/mol. The standard InChI is InChI=1S/C22H31NO5/c1-25-17-21(16-23-19(24)26-13-18-5-3-2-4-6-18)14-20(15-21)7-9-22(10-8-20)27-11-12-28-22/h2-6H,7-17H2,1H3,(H,23,24). The highest BCUT2D eigenvalue weighted by Gasteiger charge is 2.58. The van der Waals surface area contributed by atoms with Crippen LogP contribution in [0.4, 0.5) is 4.79 Å². The van der Waals surface area contributed by atoms with Gasteiger partial charge in [-0.3, -0.25) is 0 Å². The third-order valence-corrected chi connectivity index (χ3v) is 6.66. The molecule has 1 amide bonds. The van der Waals surface area contributed by atoms with Crippen LogP contribution in [0.25, 0.3) is 0 Å². The van der Waals surface area contributed by atoms with Crippen LogP contribution in [0.3, 0.4) is 0 Å². The van der Waals surface area contributed by atoms with Crippen molar-refractivity contribution >= 4 is 6.09 Å². The first-order valence-electron chi connectivity index (χ1n) is 10.3. The molecule has 3 aliphatic rings. The number of alkyl carbamates (subject to hydrolysis) is 1. The second-order valence-electron chi connectivity index (χ2n) is 8.81. The fourth-order valence-electron chi connectivity index (χ4n) is 5.46. The van der Waals surface area contributed by atoms with Crippen LogP contribution in [0.2, 0.25) is 0 Å². The number of amides is 1. The van der Waals surface area contributed by atoms with Crippen LogP contribution in [-0.4, -0.2) is 45.4 Å². The molecular weight excluding hydrogens is 358 g/mol. The van der Waals surface area contributed by atoms with Crippen molar-refractivity contribution in [2.75, 3.05) is 33.5 Å². The van der Waals surface area contributed by atoms with Crippen LogP contribution in [-0.2, 0) is 25.6 Å². The summed E-state index contributed by atoms with van der Waals surface area (Å²) in [5, 5.41) is 2.96. The summed E-state index contributed by atoms with van der Waals surface area (Å²) in [7, 11) is 1.73. The molecule has 6 heteroatoms. The van der Waals surface area contributed by atoms with Gasteiger partial charge in [-0.05, 0) is 36.7 Å². The summed E-state index contributed by atoms with van der Waals surface area (Å²) in [6.07, 6.45) is 5.97. The van der Waals surface area contributed by atoms with E-state index in [4.69, 9.17) is 18.9 Å². The zero-order chi connectivity index (χ0) is 19.5. The van der Waals surface area contributed by atoms with Crippen LogP contribution < -0.4 is 5.32 Å². The van der Waals surface area contributed by atoms with Gasteiger partial charge in [-0.15, -0.1) is 0 Å². The summed E-state index contributed by atoms with van der Waals surface area (Å²) in [5.74, 6) is -0.315. The molecule has 1 N–H and O–H groups in total. The molecule has 0 atom stereocenters. The summed E-state index contributed by atoms with van der Waals surface area (Å²) in [6, 6.07) is 9.72. The van der Waals surface area contributed by atoms with Gasteiger partial charge in [-0.1, -0.05) is 30.3 Å². The largest absolute Gasteiger partial charge is 0.445 e. The molecule has 2 aliphatic carbocycles. The minimum absolute atomic E-state index is 0.00239. The van der Waals surface area contributed by atoms with Crippen molar-refractivity contribution in [1.82, 2.24) is 5.32 Å². The Hall–Kier alpha value is -1.63. The molecular formula is C22H31NO5. The van der Waals surface area contributed by atoms with E-state index in [0.29, 0.717) is 18.6 Å². The molecule has 1 aromatic carbocycles.